The molecule has 264 valence electrons. The summed E-state index contributed by atoms with van der Waals surface area (Å²) in [5, 5.41) is 28.3. The van der Waals surface area contributed by atoms with Gasteiger partial charge in [0.25, 0.3) is 0 Å². The summed E-state index contributed by atoms with van der Waals surface area (Å²) in [5.41, 5.74) is 9.22. The van der Waals surface area contributed by atoms with Crippen LogP contribution in [0.15, 0.2) is 52.4 Å². The lowest BCUT2D eigenvalue weighted by atomic mass is 10.1. The van der Waals surface area contributed by atoms with Crippen molar-refractivity contribution in [1.82, 2.24) is 20.2 Å². The van der Waals surface area contributed by atoms with Gasteiger partial charge >= 0.3 is 17.8 Å². The minimum absolute atomic E-state index is 0. The maximum atomic E-state index is 13.1. The number of aliphatic hydroxyl groups excluding tert-OH is 2. The number of nitrogens with two attached hydrogens (primary N) is 2. The molecule has 48 heavy (non-hydrogen) atoms. The first-order valence-corrected chi connectivity index (χ1v) is 14.6. The summed E-state index contributed by atoms with van der Waals surface area (Å²) in [7, 11) is 0. The average molecular weight is 697 g/mol. The molecular weight excluding hydrogens is 656 g/mol. The fourth-order valence-electron chi connectivity index (χ4n) is 4.29. The van der Waals surface area contributed by atoms with Crippen molar-refractivity contribution in [2.24, 2.45) is 16.5 Å². The molecule has 1 aromatic carbocycles. The average Bonchev–Trinajstić information content (AvgIpc) is 3.28. The van der Waals surface area contributed by atoms with Gasteiger partial charge in [0.05, 0.1) is 5.56 Å². The molecule has 0 saturated carbocycles. The molecule has 9 N–H and O–H groups in total. The molecule has 1 saturated heterocycles. The Morgan fingerprint density at radius 3 is 2.42 bits per heavy atom. The molecule has 19 heteroatoms. The number of nitrogens with zero attached hydrogens (tertiary/aromatic N) is 3. The van der Waals surface area contributed by atoms with Crippen LogP contribution in [0.3, 0.4) is 0 Å². The van der Waals surface area contributed by atoms with E-state index in [1.54, 1.807) is 51.1 Å². The molecule has 1 aromatic heterocycles. The van der Waals surface area contributed by atoms with Gasteiger partial charge in [0.15, 0.2) is 12.2 Å². The van der Waals surface area contributed by atoms with Crippen LogP contribution in [0.5, 0.6) is 0 Å². The Morgan fingerprint density at radius 1 is 1.10 bits per heavy atom. The quantitative estimate of drug-likeness (QED) is 0.0582. The van der Waals surface area contributed by atoms with Gasteiger partial charge in [0.1, 0.15) is 48.9 Å². The molecular formula is C29H41ClN8O10. The van der Waals surface area contributed by atoms with Crippen LogP contribution in [-0.4, -0.2) is 99.3 Å². The number of guanidine groups is 1. The molecule has 0 aliphatic carbocycles. The van der Waals surface area contributed by atoms with E-state index in [0.717, 1.165) is 4.57 Å². The number of esters is 1. The number of alkyl carbamates (subject to hydrolysis) is 1. The van der Waals surface area contributed by atoms with Crippen LogP contribution in [0.2, 0.25) is 0 Å². The molecule has 0 bridgehead atoms. The number of amides is 3. The minimum atomic E-state index is -1.57. The molecule has 5 atom stereocenters. The van der Waals surface area contributed by atoms with Gasteiger partial charge in [0, 0.05) is 12.7 Å². The molecule has 2 aromatic rings. The molecule has 2 heterocycles. The Balaban J connectivity index is 0.00000800. The lowest BCUT2D eigenvalue weighted by molar-refractivity contribution is -0.126. The van der Waals surface area contributed by atoms with Crippen molar-refractivity contribution in [1.29, 1.82) is 0 Å². The molecule has 0 unspecified atom stereocenters. The Morgan fingerprint density at radius 2 is 1.79 bits per heavy atom. The normalized spacial score (nSPS) is 19.2. The molecule has 1 fully saturated rings. The molecule has 1 aliphatic rings. The number of rotatable bonds is 13. The maximum Gasteiger partial charge on any atom is 0.408 e. The molecule has 18 nitrogen and oxygen atoms in total. The highest BCUT2D eigenvalue weighted by molar-refractivity contribution is 5.97. The van der Waals surface area contributed by atoms with E-state index in [9.17, 15) is 34.2 Å². The van der Waals surface area contributed by atoms with E-state index in [0.29, 0.717) is 0 Å². The Bertz CT molecular complexity index is 1500. The monoisotopic (exact) mass is 696 g/mol. The maximum absolute atomic E-state index is 13.1. The van der Waals surface area contributed by atoms with E-state index in [4.69, 9.17) is 25.7 Å². The van der Waals surface area contributed by atoms with Crippen LogP contribution in [0.25, 0.3) is 0 Å². The van der Waals surface area contributed by atoms with Crippen molar-refractivity contribution >= 4 is 48.1 Å². The SMILES string of the molecule is CC(C)(C)OC(=O)NCC(=O)N[C@@H](CCCN=C(N)N)C(=O)Nc1ccn([C@@H]2O[C@H](COC(=O)c3ccccc3)[C@@H](O)[C@@H]2O)c(=O)n1.Cl. The van der Waals surface area contributed by atoms with E-state index in [1.807, 2.05) is 0 Å². The number of anilines is 1. The van der Waals surface area contributed by atoms with E-state index in [1.165, 1.54) is 12.3 Å². The summed E-state index contributed by atoms with van der Waals surface area (Å²) in [6, 6.07) is 8.23. The lowest BCUT2D eigenvalue weighted by Gasteiger charge is -2.21. The second-order valence-electron chi connectivity index (χ2n) is 11.4. The highest BCUT2D eigenvalue weighted by Crippen LogP contribution is 2.29. The van der Waals surface area contributed by atoms with Gasteiger partial charge in [-0.3, -0.25) is 19.1 Å². The third-order valence-corrected chi connectivity index (χ3v) is 6.47. The topological polar surface area (TPSA) is 272 Å². The third kappa shape index (κ3) is 12.1. The van der Waals surface area contributed by atoms with Crippen LogP contribution in [0, 0.1) is 0 Å². The zero-order valence-corrected chi connectivity index (χ0v) is 27.3. The zero-order valence-electron chi connectivity index (χ0n) is 26.5. The largest absolute Gasteiger partial charge is 0.459 e. The summed E-state index contributed by atoms with van der Waals surface area (Å²) in [5.74, 6) is -2.44. The molecule has 3 rings (SSSR count). The highest BCUT2D eigenvalue weighted by Gasteiger charge is 2.44. The Kier molecular flexibility index (Phi) is 14.7. The minimum Gasteiger partial charge on any atom is -0.459 e. The van der Waals surface area contributed by atoms with Gasteiger partial charge in [-0.2, -0.15) is 4.98 Å². The van der Waals surface area contributed by atoms with Crippen molar-refractivity contribution in [3.63, 3.8) is 0 Å². The second-order valence-corrected chi connectivity index (χ2v) is 11.4. The number of aliphatic hydroxyl groups is 2. The standard InChI is InChI=1S/C29H40N8O10.ClH/c1-29(2,3)47-28(44)33-14-20(38)34-17(10-7-12-32-26(30)31)23(41)35-19-11-13-37(27(43)36-19)24-22(40)21(39)18(46-24)15-45-25(42)16-8-5-4-6-9-16;/h4-6,8-9,11,13,17-18,21-22,24,39-40H,7,10,12,14-15H2,1-3H3,(H,33,44)(H,34,38)(H4,30,31,32)(H,35,36,41,43);1H/t17-,18+,21+,22-,24+;/m0./s1. The van der Waals surface area contributed by atoms with Crippen molar-refractivity contribution in [3.8, 4) is 0 Å². The fraction of sp³-hybridized carbons (Fsp3) is 0.483. The predicted octanol–water partition coefficient (Wildman–Crippen LogP) is -0.857. The van der Waals surface area contributed by atoms with Crippen LogP contribution >= 0.6 is 12.4 Å². The summed E-state index contributed by atoms with van der Waals surface area (Å²) >= 11 is 0. The fourth-order valence-corrected chi connectivity index (χ4v) is 4.29. The zero-order chi connectivity index (χ0) is 34.7. The van der Waals surface area contributed by atoms with Crippen LogP contribution in [0.4, 0.5) is 10.6 Å². The lowest BCUT2D eigenvalue weighted by Crippen LogP contribution is -2.48. The third-order valence-electron chi connectivity index (χ3n) is 6.47. The van der Waals surface area contributed by atoms with E-state index in [2.05, 4.69) is 25.9 Å². The molecule has 0 radical (unpaired) electrons. The summed E-state index contributed by atoms with van der Waals surface area (Å²) in [6.07, 6.45) is -4.88. The Labute approximate surface area is 281 Å². The summed E-state index contributed by atoms with van der Waals surface area (Å²) in [4.78, 5) is 70.3. The Hall–Kier alpha value is -4.78. The summed E-state index contributed by atoms with van der Waals surface area (Å²) in [6.45, 7) is 4.25. The van der Waals surface area contributed by atoms with Crippen LogP contribution in [-0.2, 0) is 23.8 Å². The van der Waals surface area contributed by atoms with Gasteiger partial charge in [-0.1, -0.05) is 18.2 Å². The van der Waals surface area contributed by atoms with Gasteiger partial charge in [0.2, 0.25) is 11.8 Å². The summed E-state index contributed by atoms with van der Waals surface area (Å²) < 4.78 is 16.8. The van der Waals surface area contributed by atoms with E-state index < -0.39 is 78.9 Å². The first-order chi connectivity index (χ1) is 22.1. The first-order valence-electron chi connectivity index (χ1n) is 14.6. The van der Waals surface area contributed by atoms with E-state index in [-0.39, 0.29) is 49.1 Å². The van der Waals surface area contributed by atoms with Crippen LogP contribution in [0.1, 0.15) is 50.2 Å². The smallest absolute Gasteiger partial charge is 0.408 e. The highest BCUT2D eigenvalue weighted by atomic mass is 35.5. The van der Waals surface area contributed by atoms with Gasteiger partial charge in [-0.25, -0.2) is 14.4 Å². The number of nitrogens with one attached hydrogen (secondary N) is 3. The van der Waals surface area contributed by atoms with Crippen molar-refractivity contribution in [2.45, 2.75) is 69.8 Å². The number of carbonyl (C=O) groups is 4. The van der Waals surface area contributed by atoms with E-state index >= 15 is 0 Å². The molecule has 0 spiro atoms. The predicted molar refractivity (Wildman–Crippen MR) is 173 cm³/mol. The van der Waals surface area contributed by atoms with Crippen molar-refractivity contribution < 1.29 is 43.6 Å². The number of carbonyl (C=O) groups excluding carboxylic acids is 4. The second kappa shape index (κ2) is 17.9. The number of hydrogen-bond donors (Lipinski definition) is 7. The van der Waals surface area contributed by atoms with Crippen molar-refractivity contribution in [3.05, 3.63) is 58.6 Å². The molecule has 1 aliphatic heterocycles. The first kappa shape index (κ1) is 39.4. The van der Waals surface area contributed by atoms with Gasteiger partial charge in [-0.05, 0) is 51.8 Å². The van der Waals surface area contributed by atoms with Crippen LogP contribution < -0.4 is 33.1 Å². The number of ether oxygens (including phenoxy) is 3. The number of aromatic nitrogens is 2. The van der Waals surface area contributed by atoms with Crippen molar-refractivity contribution in [2.75, 3.05) is 25.0 Å². The van der Waals surface area contributed by atoms with Gasteiger partial charge in [-0.15, -0.1) is 12.4 Å². The number of hydrogen-bond acceptors (Lipinski definition) is 12. The number of benzene rings is 1. The number of halogens is 1. The molecule has 3 amide bonds. The van der Waals surface area contributed by atoms with Gasteiger partial charge < -0.3 is 51.8 Å². The number of aliphatic imine (C=N–C) groups is 1.